The van der Waals surface area contributed by atoms with Gasteiger partial charge in [0.25, 0.3) is 0 Å². The Kier molecular flexibility index (Phi) is 24.9. The summed E-state index contributed by atoms with van der Waals surface area (Å²) in [7, 11) is 0. The zero-order chi connectivity index (χ0) is 2.71. The van der Waals surface area contributed by atoms with Gasteiger partial charge < -0.3 is 4.79 Å². The summed E-state index contributed by atoms with van der Waals surface area (Å²) in [6.45, 7) is 2.68. The van der Waals surface area contributed by atoms with Gasteiger partial charge in [-0.05, 0) is 13.2 Å². The van der Waals surface area contributed by atoms with Gasteiger partial charge in [0.2, 0.25) is 0 Å². The van der Waals surface area contributed by atoms with E-state index in [4.69, 9.17) is 4.79 Å². The van der Waals surface area contributed by atoms with Crippen LogP contribution in [-0.4, -0.2) is 6.29 Å². The van der Waals surface area contributed by atoms with Gasteiger partial charge in [0.05, 0.1) is 0 Å². The SMILES string of the molecule is [CH2+][C-]=O.[V]. The zero-order valence-electron chi connectivity index (χ0n) is 2.06. The molecule has 2 heteroatoms. The number of rotatable bonds is 0. The average Bonchev–Trinajstić information content (AvgIpc) is 0.918. The predicted octanol–water partition coefficient (Wildman–Crippen LogP) is -0.0723. The van der Waals surface area contributed by atoms with Gasteiger partial charge in [0.1, 0.15) is 0 Å². The second kappa shape index (κ2) is 11.2. The van der Waals surface area contributed by atoms with Crippen LogP contribution in [0, 0.1) is 6.92 Å². The first kappa shape index (κ1) is 8.92. The van der Waals surface area contributed by atoms with E-state index in [9.17, 15) is 0 Å². The molecule has 0 aromatic rings. The molecule has 0 unspecified atom stereocenters. The van der Waals surface area contributed by atoms with Crippen LogP contribution in [0.3, 0.4) is 0 Å². The smallest absolute Gasteiger partial charge is 0 e. The summed E-state index contributed by atoms with van der Waals surface area (Å²) in [5.74, 6) is 0. The Hall–Kier alpha value is 0.124. The van der Waals surface area contributed by atoms with E-state index in [1.54, 1.807) is 0 Å². The third-order valence-electron chi connectivity index (χ3n) is 0. The molecule has 0 N–H and O–H groups in total. The molecule has 0 amide bonds. The molecule has 4 heavy (non-hydrogen) atoms. The fourth-order valence-corrected chi connectivity index (χ4v) is 0. The van der Waals surface area contributed by atoms with Crippen molar-refractivity contribution in [2.75, 3.05) is 0 Å². The Morgan fingerprint density at radius 1 is 1.75 bits per heavy atom. The fourth-order valence-electron chi connectivity index (χ4n) is 0. The van der Waals surface area contributed by atoms with Crippen LogP contribution < -0.4 is 0 Å². The van der Waals surface area contributed by atoms with Crippen molar-refractivity contribution in [3.8, 4) is 0 Å². The summed E-state index contributed by atoms with van der Waals surface area (Å²) in [6, 6.07) is 0. The normalized spacial score (nSPS) is 3.00. The molecular weight excluding hydrogens is 91.0 g/mol. The molecule has 0 rings (SSSR count). The maximum absolute atomic E-state index is 8.57. The summed E-state index contributed by atoms with van der Waals surface area (Å²) < 4.78 is 0. The van der Waals surface area contributed by atoms with Gasteiger partial charge >= 0.3 is 0 Å². The quantitative estimate of drug-likeness (QED) is 0.383. The summed E-state index contributed by atoms with van der Waals surface area (Å²) in [4.78, 5) is 8.57. The molecular formula is C2H2OV. The first-order valence-corrected chi connectivity index (χ1v) is 0.558. The third kappa shape index (κ3) is 174. The molecule has 0 saturated carbocycles. The minimum atomic E-state index is 0. The number of carbonyl (C=O) groups excluding carboxylic acids is 1. The molecule has 1 nitrogen and oxygen atoms in total. The van der Waals surface area contributed by atoms with Gasteiger partial charge in [-0.25, -0.2) is 0 Å². The van der Waals surface area contributed by atoms with Crippen molar-refractivity contribution < 1.29 is 23.4 Å². The molecule has 0 atom stereocenters. The van der Waals surface area contributed by atoms with E-state index in [-0.39, 0.29) is 18.6 Å². The van der Waals surface area contributed by atoms with E-state index < -0.39 is 0 Å². The minimum Gasteiger partial charge on any atom is -0.489 e. The van der Waals surface area contributed by atoms with Crippen LogP contribution in [0.2, 0.25) is 0 Å². The van der Waals surface area contributed by atoms with Gasteiger partial charge in [0.15, 0.2) is 0 Å². The molecule has 0 spiro atoms. The van der Waals surface area contributed by atoms with E-state index in [1.807, 2.05) is 0 Å². The van der Waals surface area contributed by atoms with E-state index in [0.29, 0.717) is 0 Å². The van der Waals surface area contributed by atoms with E-state index in [0.717, 1.165) is 0 Å². The topological polar surface area (TPSA) is 17.1 Å². The average molecular weight is 93.0 g/mol. The molecule has 0 aromatic carbocycles. The molecule has 0 aliphatic carbocycles. The predicted molar refractivity (Wildman–Crippen MR) is 11.1 cm³/mol. The van der Waals surface area contributed by atoms with Gasteiger partial charge in [-0.3, -0.25) is 0 Å². The molecule has 0 aliphatic heterocycles. The molecule has 0 bridgehead atoms. The first-order valence-electron chi connectivity index (χ1n) is 0.558. The summed E-state index contributed by atoms with van der Waals surface area (Å²) >= 11 is 0. The maximum Gasteiger partial charge on any atom is 0 e. The van der Waals surface area contributed by atoms with Crippen LogP contribution in [-0.2, 0) is 23.4 Å². The van der Waals surface area contributed by atoms with E-state index >= 15 is 0 Å². The molecule has 0 fully saturated rings. The first-order chi connectivity index (χ1) is 1.41. The Labute approximate surface area is 37.3 Å². The molecule has 1 radical (unpaired) electrons. The monoisotopic (exact) mass is 93.0 g/mol. The number of hydrogen-bond acceptors (Lipinski definition) is 1. The number of hydrogen-bond donors (Lipinski definition) is 0. The van der Waals surface area contributed by atoms with Gasteiger partial charge in [-0.2, -0.15) is 0 Å². The van der Waals surface area contributed by atoms with Crippen molar-refractivity contribution in [2.24, 2.45) is 0 Å². The van der Waals surface area contributed by atoms with Crippen LogP contribution in [0.25, 0.3) is 0 Å². The summed E-state index contributed by atoms with van der Waals surface area (Å²) in [6.07, 6.45) is 1.25. The Bertz CT molecular complexity index is 13.5. The Balaban J connectivity index is 0. The van der Waals surface area contributed by atoms with Crippen LogP contribution >= 0.6 is 0 Å². The summed E-state index contributed by atoms with van der Waals surface area (Å²) in [5, 5.41) is 0. The van der Waals surface area contributed by atoms with Crippen molar-refractivity contribution in [3.05, 3.63) is 6.92 Å². The molecule has 0 heterocycles. The second-order valence-corrected chi connectivity index (χ2v) is 0.144. The van der Waals surface area contributed by atoms with Gasteiger partial charge in [-0.15, -0.1) is 0 Å². The largest absolute Gasteiger partial charge is 0.489 e. The minimum absolute atomic E-state index is 0. The van der Waals surface area contributed by atoms with Gasteiger partial charge in [0, 0.05) is 18.6 Å². The van der Waals surface area contributed by atoms with Crippen molar-refractivity contribution >= 4 is 6.29 Å². The second-order valence-electron chi connectivity index (χ2n) is 0.144. The van der Waals surface area contributed by atoms with Crippen molar-refractivity contribution in [3.63, 3.8) is 0 Å². The molecule has 0 aliphatic rings. The summed E-state index contributed by atoms with van der Waals surface area (Å²) in [5.41, 5.74) is 0. The van der Waals surface area contributed by atoms with Gasteiger partial charge in [-0.1, -0.05) is 0 Å². The standard InChI is InChI=1S/C2H2O.V/c1-2-3;/h1H2;. The van der Waals surface area contributed by atoms with Crippen molar-refractivity contribution in [1.29, 1.82) is 0 Å². The van der Waals surface area contributed by atoms with Crippen molar-refractivity contribution in [1.82, 2.24) is 0 Å². The molecule has 0 aromatic heterocycles. The maximum atomic E-state index is 8.57. The fraction of sp³-hybridized carbons (Fsp3) is 0. The van der Waals surface area contributed by atoms with E-state index in [2.05, 4.69) is 6.92 Å². The third-order valence-corrected chi connectivity index (χ3v) is 0. The Morgan fingerprint density at radius 3 is 1.75 bits per heavy atom. The Morgan fingerprint density at radius 2 is 1.75 bits per heavy atom. The molecule has 0 saturated heterocycles. The van der Waals surface area contributed by atoms with Crippen LogP contribution in [0.4, 0.5) is 0 Å². The van der Waals surface area contributed by atoms with E-state index in [1.165, 1.54) is 6.29 Å². The van der Waals surface area contributed by atoms with Crippen molar-refractivity contribution in [2.45, 2.75) is 0 Å². The molecule has 21 valence electrons. The van der Waals surface area contributed by atoms with Crippen LogP contribution in [0.15, 0.2) is 0 Å². The van der Waals surface area contributed by atoms with Crippen LogP contribution in [0.1, 0.15) is 0 Å². The van der Waals surface area contributed by atoms with Crippen LogP contribution in [0.5, 0.6) is 0 Å². The zero-order valence-corrected chi connectivity index (χ0v) is 3.46.